The van der Waals surface area contributed by atoms with Gasteiger partial charge in [-0.05, 0) is 48.9 Å². The van der Waals surface area contributed by atoms with Gasteiger partial charge in [0.1, 0.15) is 19.0 Å². The first-order valence-corrected chi connectivity index (χ1v) is 12.1. The van der Waals surface area contributed by atoms with Gasteiger partial charge in [0.25, 0.3) is 17.4 Å². The quantitative estimate of drug-likeness (QED) is 0.291. The summed E-state index contributed by atoms with van der Waals surface area (Å²) in [6.07, 6.45) is 3.49. The van der Waals surface area contributed by atoms with Crippen molar-refractivity contribution in [3.8, 4) is 11.4 Å². The molecule has 5 rings (SSSR count). The second-order valence-electron chi connectivity index (χ2n) is 8.66. The van der Waals surface area contributed by atoms with Gasteiger partial charge in [0, 0.05) is 24.2 Å². The number of pyridine rings is 1. The number of nitrogens with zero attached hydrogens (tertiary/aromatic N) is 3. The molecule has 2 amide bonds. The minimum atomic E-state index is -0.470. The summed E-state index contributed by atoms with van der Waals surface area (Å²) in [6.45, 7) is 3.68. The number of aryl methyl sites for hydroxylation is 1. The maximum atomic E-state index is 12.4. The Labute approximate surface area is 218 Å². The van der Waals surface area contributed by atoms with Crippen LogP contribution in [-0.4, -0.2) is 59.5 Å². The summed E-state index contributed by atoms with van der Waals surface area (Å²) in [6, 6.07) is 17.3. The fourth-order valence-corrected chi connectivity index (χ4v) is 3.98. The highest BCUT2D eigenvalue weighted by Crippen LogP contribution is 2.23. The topological polar surface area (TPSA) is 114 Å². The van der Waals surface area contributed by atoms with Crippen molar-refractivity contribution in [2.24, 2.45) is 0 Å². The Morgan fingerprint density at radius 1 is 0.842 bits per heavy atom. The maximum absolute atomic E-state index is 12.4. The van der Waals surface area contributed by atoms with Gasteiger partial charge in [0.15, 0.2) is 0 Å². The minimum absolute atomic E-state index is 0.0149. The smallest absolute Gasteiger partial charge is 0.285 e. The number of hydrazine groups is 2. The Balaban J connectivity index is 0.966. The average Bonchev–Trinajstić information content (AvgIpc) is 3.48. The molecule has 0 aliphatic carbocycles. The van der Waals surface area contributed by atoms with Crippen LogP contribution in [0.25, 0.3) is 5.69 Å². The first-order chi connectivity index (χ1) is 18.5. The van der Waals surface area contributed by atoms with E-state index < -0.39 is 11.8 Å². The third-order valence-electron chi connectivity index (χ3n) is 5.91. The van der Waals surface area contributed by atoms with E-state index in [9.17, 15) is 14.4 Å². The van der Waals surface area contributed by atoms with Crippen LogP contribution in [0, 0.1) is 6.92 Å². The molecule has 11 nitrogen and oxygen atoms in total. The lowest BCUT2D eigenvalue weighted by molar-refractivity contribution is -0.0846. The molecule has 0 saturated heterocycles. The van der Waals surface area contributed by atoms with Crippen molar-refractivity contribution in [3.63, 3.8) is 0 Å². The Bertz CT molecular complexity index is 1380. The van der Waals surface area contributed by atoms with Crippen LogP contribution in [0.4, 0.5) is 0 Å². The average molecular weight is 518 g/mol. The highest BCUT2D eigenvalue weighted by molar-refractivity contribution is 6.20. The van der Waals surface area contributed by atoms with E-state index in [0.29, 0.717) is 48.9 Å². The zero-order valence-corrected chi connectivity index (χ0v) is 20.8. The molecule has 2 N–H and O–H groups in total. The van der Waals surface area contributed by atoms with Crippen molar-refractivity contribution in [1.29, 1.82) is 0 Å². The molecular formula is C27H27N5O6. The van der Waals surface area contributed by atoms with Gasteiger partial charge in [0.05, 0.1) is 36.6 Å². The summed E-state index contributed by atoms with van der Waals surface area (Å²) in [5.74, 6) is -0.252. The molecule has 0 spiro atoms. The van der Waals surface area contributed by atoms with Crippen LogP contribution in [0.1, 0.15) is 26.3 Å². The number of nitrogens with one attached hydrogen (secondary N) is 2. The zero-order valence-electron chi connectivity index (χ0n) is 20.8. The highest BCUT2D eigenvalue weighted by atomic mass is 16.7. The zero-order chi connectivity index (χ0) is 26.5. The summed E-state index contributed by atoms with van der Waals surface area (Å²) in [4.78, 5) is 42.2. The molecule has 2 aromatic carbocycles. The molecule has 0 atom stereocenters. The number of hydrogen-bond acceptors (Lipinski definition) is 9. The van der Waals surface area contributed by atoms with E-state index in [4.69, 9.17) is 14.3 Å². The SMILES string of the molecule is Cc1ccc(=O)n(-c2ccc(OCCOCCN3NC=C(CON4C(=O)c5ccccc5C4=O)N3)cc2)c1. The van der Waals surface area contributed by atoms with E-state index in [1.165, 1.54) is 0 Å². The number of rotatable bonds is 11. The third kappa shape index (κ3) is 5.59. The monoisotopic (exact) mass is 517 g/mol. The fourth-order valence-electron chi connectivity index (χ4n) is 3.98. The van der Waals surface area contributed by atoms with E-state index in [0.717, 1.165) is 16.3 Å². The normalized spacial score (nSPS) is 14.8. The Hall–Kier alpha value is -4.45. The molecule has 38 heavy (non-hydrogen) atoms. The number of carbonyl (C=O) groups is 2. The fraction of sp³-hybridized carbons (Fsp3) is 0.222. The van der Waals surface area contributed by atoms with Crippen LogP contribution in [0.15, 0.2) is 83.6 Å². The van der Waals surface area contributed by atoms with Gasteiger partial charge < -0.3 is 20.3 Å². The predicted molar refractivity (Wildman–Crippen MR) is 137 cm³/mol. The van der Waals surface area contributed by atoms with E-state index in [-0.39, 0.29) is 12.2 Å². The Morgan fingerprint density at radius 2 is 1.58 bits per heavy atom. The predicted octanol–water partition coefficient (Wildman–Crippen LogP) is 1.94. The van der Waals surface area contributed by atoms with E-state index in [1.807, 2.05) is 31.2 Å². The first kappa shape index (κ1) is 25.2. The molecular weight excluding hydrogens is 490 g/mol. The molecule has 0 radical (unpaired) electrons. The summed E-state index contributed by atoms with van der Waals surface area (Å²) in [5, 5.41) is 2.49. The van der Waals surface area contributed by atoms with Gasteiger partial charge in [-0.3, -0.25) is 23.8 Å². The third-order valence-corrected chi connectivity index (χ3v) is 5.91. The van der Waals surface area contributed by atoms with Gasteiger partial charge in [-0.1, -0.05) is 18.2 Å². The molecule has 0 unspecified atom stereocenters. The number of ether oxygens (including phenoxy) is 2. The van der Waals surface area contributed by atoms with Crippen molar-refractivity contribution in [1.82, 2.24) is 25.6 Å². The summed E-state index contributed by atoms with van der Waals surface area (Å²) in [5.41, 5.74) is 9.12. The number of fused-ring (bicyclic) bond motifs is 1. The lowest BCUT2D eigenvalue weighted by Crippen LogP contribution is -2.42. The number of amides is 2. The van der Waals surface area contributed by atoms with Gasteiger partial charge in [-0.2, -0.15) is 0 Å². The Morgan fingerprint density at radius 3 is 2.32 bits per heavy atom. The number of benzene rings is 2. The molecule has 11 heteroatoms. The standard InChI is InChI=1S/C27H27N5O6/c1-19-6-11-25(33)30(17-19)21-7-9-22(10-8-21)37-15-14-36-13-12-31-28-16-20(29-31)18-38-32-26(34)23-4-2-3-5-24(23)27(32)35/h2-11,16-17,28-29H,12-15,18H2,1H3. The number of hydrogen-bond donors (Lipinski definition) is 2. The number of carbonyl (C=O) groups excluding carboxylic acids is 2. The molecule has 196 valence electrons. The number of hydroxylamine groups is 2. The summed E-state index contributed by atoms with van der Waals surface area (Å²) >= 11 is 0. The van der Waals surface area contributed by atoms with Crippen LogP contribution in [-0.2, 0) is 9.57 Å². The second kappa shape index (κ2) is 11.3. The lowest BCUT2D eigenvalue weighted by Gasteiger charge is -2.18. The molecule has 2 aliphatic rings. The Kier molecular flexibility index (Phi) is 7.50. The molecule has 3 aromatic rings. The van der Waals surface area contributed by atoms with E-state index in [1.54, 1.807) is 58.5 Å². The van der Waals surface area contributed by atoms with Gasteiger partial charge >= 0.3 is 0 Å². The van der Waals surface area contributed by atoms with Crippen molar-refractivity contribution in [3.05, 3.63) is 106 Å². The first-order valence-electron chi connectivity index (χ1n) is 12.1. The van der Waals surface area contributed by atoms with Crippen LogP contribution >= 0.6 is 0 Å². The van der Waals surface area contributed by atoms with Crippen molar-refractivity contribution < 1.29 is 23.9 Å². The molecule has 1 aromatic heterocycles. The van der Waals surface area contributed by atoms with E-state index >= 15 is 0 Å². The summed E-state index contributed by atoms with van der Waals surface area (Å²) < 4.78 is 13.0. The van der Waals surface area contributed by atoms with Crippen molar-refractivity contribution in [2.45, 2.75) is 6.92 Å². The molecule has 3 heterocycles. The number of imide groups is 1. The van der Waals surface area contributed by atoms with E-state index in [2.05, 4.69) is 10.9 Å². The molecule has 2 aliphatic heterocycles. The highest BCUT2D eigenvalue weighted by Gasteiger charge is 2.36. The molecule has 0 saturated carbocycles. The van der Waals surface area contributed by atoms with Crippen LogP contribution in [0.2, 0.25) is 0 Å². The van der Waals surface area contributed by atoms with Gasteiger partial charge in [-0.15, -0.1) is 10.2 Å². The van der Waals surface area contributed by atoms with Crippen LogP contribution in [0.3, 0.4) is 0 Å². The van der Waals surface area contributed by atoms with Crippen LogP contribution < -0.4 is 21.1 Å². The largest absolute Gasteiger partial charge is 0.491 e. The minimum Gasteiger partial charge on any atom is -0.491 e. The van der Waals surface area contributed by atoms with Gasteiger partial charge in [0.2, 0.25) is 0 Å². The maximum Gasteiger partial charge on any atom is 0.285 e. The second-order valence-corrected chi connectivity index (χ2v) is 8.66. The summed E-state index contributed by atoms with van der Waals surface area (Å²) in [7, 11) is 0. The molecule has 0 fully saturated rings. The molecule has 0 bridgehead atoms. The van der Waals surface area contributed by atoms with Gasteiger partial charge in [-0.25, -0.2) is 0 Å². The van der Waals surface area contributed by atoms with Crippen LogP contribution in [0.5, 0.6) is 5.75 Å². The van der Waals surface area contributed by atoms with Crippen molar-refractivity contribution in [2.75, 3.05) is 33.0 Å². The van der Waals surface area contributed by atoms with Crippen molar-refractivity contribution >= 4 is 11.8 Å². The lowest BCUT2D eigenvalue weighted by atomic mass is 10.1. The number of aromatic nitrogens is 1.